The van der Waals surface area contributed by atoms with Crippen LogP contribution in [0.15, 0.2) is 66.7 Å². The molecule has 0 aromatic heterocycles. The Balaban J connectivity index is 1.53. The Kier molecular flexibility index (Phi) is 6.29. The highest BCUT2D eigenvalue weighted by Gasteiger charge is 2.07. The first-order valence-electron chi connectivity index (χ1n) is 9.49. The highest BCUT2D eigenvalue weighted by molar-refractivity contribution is 6.04. The zero-order valence-electron chi connectivity index (χ0n) is 16.9. The van der Waals surface area contributed by atoms with Gasteiger partial charge in [0.05, 0.1) is 6.54 Å². The van der Waals surface area contributed by atoms with Crippen molar-refractivity contribution >= 4 is 28.9 Å². The smallest absolute Gasteiger partial charge is 0.255 e. The standard InChI is InChI=1S/C24H25N3O2/c1-16-5-4-6-19(12-16)24(29)27-21-9-7-20(8-10-21)26-23(28)15-25-22-13-17(2)11-18(3)14-22/h4-14,25H,15H2,1-3H3,(H,26,28)(H,27,29). The Morgan fingerprint density at radius 2 is 1.31 bits per heavy atom. The Bertz CT molecular complexity index is 1010. The second kappa shape index (κ2) is 9.06. The lowest BCUT2D eigenvalue weighted by Gasteiger charge is -2.10. The van der Waals surface area contributed by atoms with Gasteiger partial charge in [0.25, 0.3) is 5.91 Å². The lowest BCUT2D eigenvalue weighted by molar-refractivity contribution is -0.114. The van der Waals surface area contributed by atoms with Gasteiger partial charge in [0, 0.05) is 22.6 Å². The van der Waals surface area contributed by atoms with E-state index < -0.39 is 0 Å². The molecule has 0 saturated heterocycles. The Morgan fingerprint density at radius 3 is 1.93 bits per heavy atom. The van der Waals surface area contributed by atoms with Gasteiger partial charge in [0.15, 0.2) is 0 Å². The maximum absolute atomic E-state index is 12.3. The summed E-state index contributed by atoms with van der Waals surface area (Å²) in [5.74, 6) is -0.302. The molecule has 0 aliphatic rings. The molecule has 0 aliphatic carbocycles. The van der Waals surface area contributed by atoms with Crippen molar-refractivity contribution < 1.29 is 9.59 Å². The summed E-state index contributed by atoms with van der Waals surface area (Å²) in [5.41, 5.74) is 6.21. The number of rotatable bonds is 6. The van der Waals surface area contributed by atoms with Gasteiger partial charge in [-0.25, -0.2) is 0 Å². The first kappa shape index (κ1) is 20.1. The first-order valence-corrected chi connectivity index (χ1v) is 9.49. The van der Waals surface area contributed by atoms with E-state index in [2.05, 4.69) is 22.0 Å². The van der Waals surface area contributed by atoms with Crippen LogP contribution in [-0.2, 0) is 4.79 Å². The highest BCUT2D eigenvalue weighted by Crippen LogP contribution is 2.16. The summed E-state index contributed by atoms with van der Waals surface area (Å²) in [6.45, 7) is 6.17. The summed E-state index contributed by atoms with van der Waals surface area (Å²) < 4.78 is 0. The summed E-state index contributed by atoms with van der Waals surface area (Å²) in [4.78, 5) is 24.5. The Labute approximate surface area is 171 Å². The minimum atomic E-state index is -0.164. The van der Waals surface area contributed by atoms with E-state index in [-0.39, 0.29) is 18.4 Å². The van der Waals surface area contributed by atoms with Crippen LogP contribution in [0.25, 0.3) is 0 Å². The van der Waals surface area contributed by atoms with E-state index in [4.69, 9.17) is 0 Å². The maximum atomic E-state index is 12.3. The van der Waals surface area contributed by atoms with E-state index >= 15 is 0 Å². The van der Waals surface area contributed by atoms with Gasteiger partial charge in [-0.3, -0.25) is 9.59 Å². The van der Waals surface area contributed by atoms with E-state index in [0.29, 0.717) is 16.9 Å². The first-order chi connectivity index (χ1) is 13.9. The molecule has 0 spiro atoms. The molecule has 0 unspecified atom stereocenters. The van der Waals surface area contributed by atoms with Crippen LogP contribution < -0.4 is 16.0 Å². The lowest BCUT2D eigenvalue weighted by atomic mass is 10.1. The van der Waals surface area contributed by atoms with Crippen molar-refractivity contribution in [2.24, 2.45) is 0 Å². The van der Waals surface area contributed by atoms with Crippen LogP contribution in [0.4, 0.5) is 17.1 Å². The van der Waals surface area contributed by atoms with Gasteiger partial charge in [0.2, 0.25) is 5.91 Å². The molecule has 3 N–H and O–H groups in total. The topological polar surface area (TPSA) is 70.2 Å². The molecule has 0 fully saturated rings. The number of carbonyl (C=O) groups is 2. The average Bonchev–Trinajstić information content (AvgIpc) is 2.67. The Hall–Kier alpha value is -3.60. The molecule has 5 heteroatoms. The zero-order chi connectivity index (χ0) is 20.8. The SMILES string of the molecule is Cc1cc(C)cc(NCC(=O)Nc2ccc(NC(=O)c3cccc(C)c3)cc2)c1. The van der Waals surface area contributed by atoms with Crippen molar-refractivity contribution in [2.45, 2.75) is 20.8 Å². The van der Waals surface area contributed by atoms with Crippen molar-refractivity contribution in [1.29, 1.82) is 0 Å². The van der Waals surface area contributed by atoms with Crippen LogP contribution in [0.2, 0.25) is 0 Å². The number of nitrogens with one attached hydrogen (secondary N) is 3. The van der Waals surface area contributed by atoms with Gasteiger partial charge < -0.3 is 16.0 Å². The molecule has 0 atom stereocenters. The van der Waals surface area contributed by atoms with Crippen molar-refractivity contribution in [3.63, 3.8) is 0 Å². The summed E-state index contributed by atoms with van der Waals surface area (Å²) in [6, 6.07) is 20.6. The van der Waals surface area contributed by atoms with Crippen LogP contribution in [0.1, 0.15) is 27.0 Å². The zero-order valence-corrected chi connectivity index (χ0v) is 16.9. The van der Waals surface area contributed by atoms with Crippen LogP contribution in [0.3, 0.4) is 0 Å². The molecule has 3 aromatic rings. The normalized spacial score (nSPS) is 10.3. The summed E-state index contributed by atoms with van der Waals surface area (Å²) in [5, 5.41) is 8.84. The van der Waals surface area contributed by atoms with Gasteiger partial charge in [-0.2, -0.15) is 0 Å². The van der Waals surface area contributed by atoms with Gasteiger partial charge in [0.1, 0.15) is 0 Å². The molecule has 29 heavy (non-hydrogen) atoms. The fourth-order valence-electron chi connectivity index (χ4n) is 3.09. The largest absolute Gasteiger partial charge is 0.376 e. The average molecular weight is 387 g/mol. The number of carbonyl (C=O) groups excluding carboxylic acids is 2. The number of anilines is 3. The Morgan fingerprint density at radius 1 is 0.690 bits per heavy atom. The lowest BCUT2D eigenvalue weighted by Crippen LogP contribution is -2.21. The van der Waals surface area contributed by atoms with Crippen molar-refractivity contribution in [3.8, 4) is 0 Å². The second-order valence-electron chi connectivity index (χ2n) is 7.18. The summed E-state index contributed by atoms with van der Waals surface area (Å²) in [6.07, 6.45) is 0. The van der Waals surface area contributed by atoms with E-state index in [0.717, 1.165) is 22.4 Å². The van der Waals surface area contributed by atoms with Crippen LogP contribution in [0, 0.1) is 20.8 Å². The van der Waals surface area contributed by atoms with Gasteiger partial charge in [-0.15, -0.1) is 0 Å². The minimum absolute atomic E-state index is 0.138. The van der Waals surface area contributed by atoms with Crippen molar-refractivity contribution in [1.82, 2.24) is 0 Å². The maximum Gasteiger partial charge on any atom is 0.255 e. The molecular weight excluding hydrogens is 362 g/mol. The van der Waals surface area contributed by atoms with E-state index in [1.807, 2.05) is 51.1 Å². The third-order valence-corrected chi connectivity index (χ3v) is 4.38. The van der Waals surface area contributed by atoms with Gasteiger partial charge in [-0.1, -0.05) is 23.8 Å². The van der Waals surface area contributed by atoms with E-state index in [1.54, 1.807) is 30.3 Å². The molecular formula is C24H25N3O2. The third-order valence-electron chi connectivity index (χ3n) is 4.38. The molecule has 2 amide bonds. The molecule has 3 aromatic carbocycles. The number of hydrogen-bond acceptors (Lipinski definition) is 3. The van der Waals surface area contributed by atoms with Gasteiger partial charge in [-0.05, 0) is 80.4 Å². The minimum Gasteiger partial charge on any atom is -0.376 e. The van der Waals surface area contributed by atoms with Crippen molar-refractivity contribution in [3.05, 3.63) is 89.0 Å². The quantitative estimate of drug-likeness (QED) is 0.562. The number of benzene rings is 3. The summed E-state index contributed by atoms with van der Waals surface area (Å²) >= 11 is 0. The van der Waals surface area contributed by atoms with Crippen molar-refractivity contribution in [2.75, 3.05) is 22.5 Å². The molecule has 0 saturated carbocycles. The number of amides is 2. The highest BCUT2D eigenvalue weighted by atomic mass is 16.2. The summed E-state index contributed by atoms with van der Waals surface area (Å²) in [7, 11) is 0. The van der Waals surface area contributed by atoms with Crippen LogP contribution >= 0.6 is 0 Å². The predicted molar refractivity (Wildman–Crippen MR) is 119 cm³/mol. The fourth-order valence-corrected chi connectivity index (χ4v) is 3.09. The molecule has 5 nitrogen and oxygen atoms in total. The molecule has 148 valence electrons. The third kappa shape index (κ3) is 5.94. The fraction of sp³-hybridized carbons (Fsp3) is 0.167. The van der Waals surface area contributed by atoms with Crippen LogP contribution in [-0.4, -0.2) is 18.4 Å². The van der Waals surface area contributed by atoms with Gasteiger partial charge >= 0.3 is 0 Å². The second-order valence-corrected chi connectivity index (χ2v) is 7.18. The molecule has 0 aliphatic heterocycles. The molecule has 0 radical (unpaired) electrons. The molecule has 0 bridgehead atoms. The number of hydrogen-bond donors (Lipinski definition) is 3. The van der Waals surface area contributed by atoms with Crippen LogP contribution in [0.5, 0.6) is 0 Å². The molecule has 0 heterocycles. The molecule has 3 rings (SSSR count). The monoisotopic (exact) mass is 387 g/mol. The van der Waals surface area contributed by atoms with E-state index in [9.17, 15) is 9.59 Å². The number of aryl methyl sites for hydroxylation is 3. The van der Waals surface area contributed by atoms with E-state index in [1.165, 1.54) is 0 Å². The predicted octanol–water partition coefficient (Wildman–Crippen LogP) is 4.91.